The van der Waals surface area contributed by atoms with Gasteiger partial charge in [-0.2, -0.15) is 0 Å². The highest BCUT2D eigenvalue weighted by molar-refractivity contribution is 7.09. The molecule has 1 fully saturated rings. The molecule has 0 radical (unpaired) electrons. The van der Waals surface area contributed by atoms with Crippen LogP contribution in [0.2, 0.25) is 5.02 Å². The van der Waals surface area contributed by atoms with E-state index >= 15 is 0 Å². The molecule has 0 amide bonds. The van der Waals surface area contributed by atoms with Crippen molar-refractivity contribution in [3.05, 3.63) is 53.6 Å². The van der Waals surface area contributed by atoms with Crippen LogP contribution in [0, 0.1) is 5.92 Å². The molecule has 1 aromatic carbocycles. The molecule has 1 aliphatic heterocycles. The maximum atomic E-state index is 11.1. The molecule has 2 rings (SSSR count). The van der Waals surface area contributed by atoms with Crippen LogP contribution in [0.4, 0.5) is 0 Å². The quantitative estimate of drug-likeness (QED) is 0.221. The zero-order valence-electron chi connectivity index (χ0n) is 17.1. The van der Waals surface area contributed by atoms with E-state index < -0.39 is 6.10 Å². The van der Waals surface area contributed by atoms with Gasteiger partial charge in [0.05, 0.1) is 25.9 Å². The summed E-state index contributed by atoms with van der Waals surface area (Å²) < 4.78 is 21.4. The normalized spacial score (nSPS) is 22.6. The minimum absolute atomic E-state index is 0.0304. The molecule has 1 N–H and O–H groups in total. The minimum Gasteiger partial charge on any atom is -0.490 e. The van der Waals surface area contributed by atoms with E-state index in [2.05, 4.69) is 14.2 Å². The Labute approximate surface area is 185 Å². The summed E-state index contributed by atoms with van der Waals surface area (Å²) in [4.78, 5) is 11.1. The average molecular weight is 457 g/mol. The number of allylic oxidation sites excluding steroid dienone is 2. The summed E-state index contributed by atoms with van der Waals surface area (Å²) in [5.74, 6) is 0.446. The zero-order chi connectivity index (χ0) is 21.8. The zero-order valence-corrected chi connectivity index (χ0v) is 19.0. The van der Waals surface area contributed by atoms with Crippen molar-refractivity contribution < 1.29 is 28.6 Å². The van der Waals surface area contributed by atoms with Crippen molar-refractivity contribution >= 4 is 27.0 Å². The Hall–Kier alpha value is -1.43. The van der Waals surface area contributed by atoms with Gasteiger partial charge in [-0.05, 0) is 37.5 Å². The van der Waals surface area contributed by atoms with E-state index in [9.17, 15) is 9.90 Å². The van der Waals surface area contributed by atoms with Crippen molar-refractivity contribution in [1.82, 2.24) is 0 Å². The maximum Gasteiger partial charge on any atom is 0.305 e. The molecule has 30 heavy (non-hydrogen) atoms. The summed E-state index contributed by atoms with van der Waals surface area (Å²) in [5, 5.41) is 10.9. The highest BCUT2D eigenvalue weighted by Crippen LogP contribution is 2.27. The summed E-state index contributed by atoms with van der Waals surface area (Å²) in [6.07, 6.45) is 9.51. The molecular formula is C22H30ClO6P. The van der Waals surface area contributed by atoms with Crippen molar-refractivity contribution in [2.24, 2.45) is 5.92 Å². The van der Waals surface area contributed by atoms with Crippen molar-refractivity contribution in [3.8, 4) is 5.75 Å². The molecule has 166 valence electrons. The number of halogens is 1. The smallest absolute Gasteiger partial charge is 0.305 e. The molecule has 0 saturated carbocycles. The number of hydrogen-bond donors (Lipinski definition) is 1. The molecule has 1 heterocycles. The van der Waals surface area contributed by atoms with Crippen LogP contribution >= 0.6 is 21.1 Å². The Balaban J connectivity index is 1.80. The van der Waals surface area contributed by atoms with E-state index in [1.807, 2.05) is 36.4 Å². The Morgan fingerprint density at radius 3 is 3.00 bits per heavy atom. The van der Waals surface area contributed by atoms with Crippen LogP contribution < -0.4 is 4.74 Å². The lowest BCUT2D eigenvalue weighted by Crippen LogP contribution is -2.23. The van der Waals surface area contributed by atoms with Gasteiger partial charge in [-0.15, -0.1) is 0 Å². The highest BCUT2D eigenvalue weighted by Gasteiger charge is 2.33. The molecule has 5 atom stereocenters. The molecule has 1 aromatic rings. The van der Waals surface area contributed by atoms with Gasteiger partial charge in [-0.3, -0.25) is 4.79 Å². The van der Waals surface area contributed by atoms with Crippen molar-refractivity contribution in [2.45, 2.75) is 44.0 Å². The number of methoxy groups -OCH3 is 1. The van der Waals surface area contributed by atoms with E-state index in [-0.39, 0.29) is 24.1 Å². The van der Waals surface area contributed by atoms with Crippen LogP contribution in [0.1, 0.15) is 25.7 Å². The minimum atomic E-state index is -0.516. The Bertz CT molecular complexity index is 711. The molecule has 3 unspecified atom stereocenters. The second-order valence-electron chi connectivity index (χ2n) is 7.03. The molecule has 0 bridgehead atoms. The summed E-state index contributed by atoms with van der Waals surface area (Å²) in [5.41, 5.74) is 0. The lowest BCUT2D eigenvalue weighted by Gasteiger charge is -2.17. The number of carbonyl (C=O) groups is 1. The first kappa shape index (κ1) is 24.8. The molecule has 1 saturated heterocycles. The third kappa shape index (κ3) is 8.75. The number of ether oxygens (including phenoxy) is 3. The SMILES string of the molecule is COC(=O)CCCC=CC[C@H]1C(O)CO[C@@H]1C=CC(COc1cccc(Cl)c1)OP. The number of esters is 1. The Morgan fingerprint density at radius 2 is 2.27 bits per heavy atom. The van der Waals surface area contributed by atoms with E-state index in [1.165, 1.54) is 7.11 Å². The molecule has 1 aliphatic rings. The van der Waals surface area contributed by atoms with E-state index in [0.717, 1.165) is 12.8 Å². The molecule has 0 aliphatic carbocycles. The van der Waals surface area contributed by atoms with Crippen molar-refractivity contribution in [1.29, 1.82) is 0 Å². The summed E-state index contributed by atoms with van der Waals surface area (Å²) in [7, 11) is 3.64. The second-order valence-corrected chi connectivity index (χ2v) is 7.74. The third-order valence-corrected chi connectivity index (χ3v) is 5.42. The number of benzene rings is 1. The summed E-state index contributed by atoms with van der Waals surface area (Å²) in [6, 6.07) is 7.19. The van der Waals surface area contributed by atoms with Crippen LogP contribution in [-0.2, 0) is 18.8 Å². The Kier molecular flexibility index (Phi) is 11.4. The predicted octanol–water partition coefficient (Wildman–Crippen LogP) is 4.12. The second kappa shape index (κ2) is 13.8. The van der Waals surface area contributed by atoms with Gasteiger partial charge in [0, 0.05) is 26.8 Å². The first-order valence-electron chi connectivity index (χ1n) is 9.97. The fourth-order valence-corrected chi connectivity index (χ4v) is 3.46. The largest absolute Gasteiger partial charge is 0.490 e. The predicted molar refractivity (Wildman–Crippen MR) is 120 cm³/mol. The standard InChI is InChI=1S/C22H30ClO6P/c1-26-22(25)10-5-3-2-4-9-19-20(24)15-28-21(19)12-11-18(29-30)14-27-17-8-6-7-16(23)13-17/h2,4,6-8,11-13,18-21,24H,3,5,9-10,14-15,30H2,1H3/t18?,19-,20?,21+/m0/s1. The van der Waals surface area contributed by atoms with Crippen molar-refractivity contribution in [3.63, 3.8) is 0 Å². The van der Waals surface area contributed by atoms with E-state index in [1.54, 1.807) is 12.1 Å². The lowest BCUT2D eigenvalue weighted by molar-refractivity contribution is -0.140. The number of unbranched alkanes of at least 4 members (excludes halogenated alkanes) is 1. The molecule has 0 spiro atoms. The van der Waals surface area contributed by atoms with Crippen LogP contribution in [-0.4, -0.2) is 49.7 Å². The van der Waals surface area contributed by atoms with Gasteiger partial charge in [0.2, 0.25) is 0 Å². The fourth-order valence-electron chi connectivity index (χ4n) is 3.11. The molecule has 6 nitrogen and oxygen atoms in total. The van der Waals surface area contributed by atoms with Gasteiger partial charge in [0.1, 0.15) is 18.5 Å². The number of carbonyl (C=O) groups excluding carboxylic acids is 1. The van der Waals surface area contributed by atoms with E-state index in [4.69, 9.17) is 25.6 Å². The topological polar surface area (TPSA) is 74.2 Å². The number of rotatable bonds is 12. The first-order chi connectivity index (χ1) is 14.5. The lowest BCUT2D eigenvalue weighted by atomic mass is 9.94. The molecular weight excluding hydrogens is 427 g/mol. The van der Waals surface area contributed by atoms with Gasteiger partial charge in [-0.25, -0.2) is 0 Å². The molecule has 8 heteroatoms. The van der Waals surface area contributed by atoms with Crippen LogP contribution in [0.25, 0.3) is 0 Å². The highest BCUT2D eigenvalue weighted by atomic mass is 35.5. The third-order valence-electron chi connectivity index (χ3n) is 4.83. The monoisotopic (exact) mass is 456 g/mol. The summed E-state index contributed by atoms with van der Waals surface area (Å²) in [6.45, 7) is 0.627. The fraction of sp³-hybridized carbons (Fsp3) is 0.500. The summed E-state index contributed by atoms with van der Waals surface area (Å²) >= 11 is 5.97. The van der Waals surface area contributed by atoms with Crippen LogP contribution in [0.5, 0.6) is 5.75 Å². The van der Waals surface area contributed by atoms with Gasteiger partial charge < -0.3 is 23.8 Å². The number of hydrogen-bond acceptors (Lipinski definition) is 6. The van der Waals surface area contributed by atoms with Gasteiger partial charge in [0.15, 0.2) is 0 Å². The Morgan fingerprint density at radius 1 is 1.43 bits per heavy atom. The van der Waals surface area contributed by atoms with Gasteiger partial charge in [0.25, 0.3) is 0 Å². The van der Waals surface area contributed by atoms with Crippen molar-refractivity contribution in [2.75, 3.05) is 20.3 Å². The number of aliphatic hydroxyl groups is 1. The maximum absolute atomic E-state index is 11.1. The average Bonchev–Trinajstić information content (AvgIpc) is 3.10. The first-order valence-corrected chi connectivity index (χ1v) is 10.8. The number of aliphatic hydroxyl groups excluding tert-OH is 1. The van der Waals surface area contributed by atoms with Gasteiger partial charge >= 0.3 is 5.97 Å². The van der Waals surface area contributed by atoms with Crippen LogP contribution in [0.3, 0.4) is 0 Å². The van der Waals surface area contributed by atoms with Crippen LogP contribution in [0.15, 0.2) is 48.6 Å². The van der Waals surface area contributed by atoms with E-state index in [0.29, 0.717) is 36.8 Å². The van der Waals surface area contributed by atoms with Gasteiger partial charge in [-0.1, -0.05) is 42.0 Å². The molecule has 0 aromatic heterocycles.